The van der Waals surface area contributed by atoms with Gasteiger partial charge in [0.2, 0.25) is 0 Å². The molecule has 6 heteroatoms. The van der Waals surface area contributed by atoms with Crippen molar-refractivity contribution in [3.8, 4) is 22.6 Å². The highest BCUT2D eigenvalue weighted by Gasteiger charge is 2.13. The molecular weight excluding hydrogens is 370 g/mol. The summed E-state index contributed by atoms with van der Waals surface area (Å²) in [4.78, 5) is 23.8. The normalized spacial score (nSPS) is 10.1. The number of carbonyl (C=O) groups excluding carboxylic acids is 2. The Bertz CT molecular complexity index is 984. The number of nitrogens with one attached hydrogen (secondary N) is 1. The molecule has 0 saturated carbocycles. The lowest BCUT2D eigenvalue weighted by atomic mass is 10.1. The monoisotopic (exact) mass is 391 g/mol. The lowest BCUT2D eigenvalue weighted by Gasteiger charge is -2.12. The van der Waals surface area contributed by atoms with E-state index in [1.54, 1.807) is 12.1 Å². The lowest BCUT2D eigenvalue weighted by molar-refractivity contribution is -0.118. The number of rotatable bonds is 7. The summed E-state index contributed by atoms with van der Waals surface area (Å²) in [6.45, 7) is -0.200. The Labute approximate surface area is 169 Å². The van der Waals surface area contributed by atoms with E-state index in [4.69, 9.17) is 9.47 Å². The molecule has 148 valence electrons. The van der Waals surface area contributed by atoms with Crippen LogP contribution >= 0.6 is 0 Å². The van der Waals surface area contributed by atoms with Gasteiger partial charge in [0.05, 0.1) is 19.8 Å². The summed E-state index contributed by atoms with van der Waals surface area (Å²) in [7, 11) is 2.76. The highest BCUT2D eigenvalue weighted by atomic mass is 16.5. The largest absolute Gasteiger partial charge is 0.493 e. The Hall–Kier alpha value is -3.80. The van der Waals surface area contributed by atoms with Crippen LogP contribution in [0.5, 0.6) is 11.5 Å². The second kappa shape index (κ2) is 9.41. The molecule has 0 atom stereocenters. The molecule has 1 N–H and O–H groups in total. The molecule has 6 nitrogen and oxygen atoms in total. The molecule has 0 bridgehead atoms. The molecule has 0 fully saturated rings. The Morgan fingerprint density at radius 1 is 0.828 bits per heavy atom. The summed E-state index contributed by atoms with van der Waals surface area (Å²) in [5.41, 5.74) is 3.18. The summed E-state index contributed by atoms with van der Waals surface area (Å²) in [5.74, 6) is -0.0919. The van der Waals surface area contributed by atoms with Crippen LogP contribution in [0.2, 0.25) is 0 Å². The maximum absolute atomic E-state index is 12.2. The van der Waals surface area contributed by atoms with Gasteiger partial charge in [-0.3, -0.25) is 4.79 Å². The molecule has 0 aromatic heterocycles. The van der Waals surface area contributed by atoms with E-state index >= 15 is 0 Å². The lowest BCUT2D eigenvalue weighted by Crippen LogP contribution is -2.20. The molecule has 0 spiro atoms. The molecule has 29 heavy (non-hydrogen) atoms. The van der Waals surface area contributed by atoms with E-state index in [9.17, 15) is 9.59 Å². The smallest absolute Gasteiger partial charge is 0.337 e. The molecule has 3 rings (SSSR count). The van der Waals surface area contributed by atoms with E-state index in [0.29, 0.717) is 22.7 Å². The van der Waals surface area contributed by atoms with Gasteiger partial charge in [-0.25, -0.2) is 4.79 Å². The minimum atomic E-state index is -0.480. The number of hydrogen-bond acceptors (Lipinski definition) is 5. The van der Waals surface area contributed by atoms with Gasteiger partial charge in [0, 0.05) is 5.69 Å². The first-order valence-corrected chi connectivity index (χ1v) is 8.95. The maximum Gasteiger partial charge on any atom is 0.337 e. The van der Waals surface area contributed by atoms with Crippen molar-refractivity contribution in [2.45, 2.75) is 0 Å². The molecular formula is C23H21NO5. The van der Waals surface area contributed by atoms with Gasteiger partial charge in [-0.15, -0.1) is 0 Å². The number of amides is 1. The number of benzene rings is 3. The van der Waals surface area contributed by atoms with E-state index in [0.717, 1.165) is 11.1 Å². The van der Waals surface area contributed by atoms with Gasteiger partial charge in [-0.2, -0.15) is 0 Å². The number of hydrogen-bond donors (Lipinski definition) is 1. The van der Waals surface area contributed by atoms with E-state index in [-0.39, 0.29) is 12.5 Å². The Balaban J connectivity index is 1.59. The predicted molar refractivity (Wildman–Crippen MR) is 110 cm³/mol. The Morgan fingerprint density at radius 3 is 2.17 bits per heavy atom. The van der Waals surface area contributed by atoms with Crippen molar-refractivity contribution >= 4 is 17.6 Å². The predicted octanol–water partition coefficient (Wildman–Crippen LogP) is 4.17. The van der Waals surface area contributed by atoms with E-state index in [1.165, 1.54) is 20.3 Å². The van der Waals surface area contributed by atoms with Crippen LogP contribution in [-0.2, 0) is 9.53 Å². The summed E-state index contributed by atoms with van der Waals surface area (Å²) in [5, 5.41) is 2.79. The fourth-order valence-electron chi connectivity index (χ4n) is 2.75. The van der Waals surface area contributed by atoms with Gasteiger partial charge in [0.25, 0.3) is 5.91 Å². The van der Waals surface area contributed by atoms with E-state index in [2.05, 4.69) is 10.1 Å². The van der Waals surface area contributed by atoms with Crippen LogP contribution in [0, 0.1) is 0 Å². The first-order valence-electron chi connectivity index (χ1n) is 8.95. The number of esters is 1. The van der Waals surface area contributed by atoms with Crippen molar-refractivity contribution in [2.24, 2.45) is 0 Å². The van der Waals surface area contributed by atoms with Gasteiger partial charge < -0.3 is 19.5 Å². The van der Waals surface area contributed by atoms with Crippen LogP contribution in [0.25, 0.3) is 11.1 Å². The zero-order valence-corrected chi connectivity index (χ0v) is 16.2. The quantitative estimate of drug-likeness (QED) is 0.612. The van der Waals surface area contributed by atoms with Crippen molar-refractivity contribution in [3.63, 3.8) is 0 Å². The summed E-state index contributed by atoms with van der Waals surface area (Å²) >= 11 is 0. The molecule has 3 aromatic rings. The molecule has 0 aliphatic rings. The molecule has 0 unspecified atom stereocenters. The third-order valence-electron chi connectivity index (χ3n) is 4.22. The average Bonchev–Trinajstić information content (AvgIpc) is 2.78. The SMILES string of the molecule is COC(=O)c1ccc(OCC(=O)Nc2ccc(-c3ccccc3)cc2)c(OC)c1. The number of ether oxygens (including phenoxy) is 3. The molecule has 0 aliphatic heterocycles. The standard InChI is InChI=1S/C23H21NO5/c1-27-21-14-18(23(26)28-2)10-13-20(21)29-15-22(25)24-19-11-8-17(9-12-19)16-6-4-3-5-7-16/h3-14H,15H2,1-2H3,(H,24,25). The van der Waals surface area contributed by atoms with Crippen LogP contribution < -0.4 is 14.8 Å². The van der Waals surface area contributed by atoms with Crippen LogP contribution in [-0.4, -0.2) is 32.7 Å². The second-order valence-electron chi connectivity index (χ2n) is 6.14. The third kappa shape index (κ3) is 5.13. The zero-order valence-electron chi connectivity index (χ0n) is 16.2. The molecule has 0 heterocycles. The second-order valence-corrected chi connectivity index (χ2v) is 6.14. The summed E-state index contributed by atoms with van der Waals surface area (Å²) < 4.78 is 15.4. The van der Waals surface area contributed by atoms with Gasteiger partial charge in [-0.1, -0.05) is 42.5 Å². The third-order valence-corrected chi connectivity index (χ3v) is 4.22. The van der Waals surface area contributed by atoms with Crippen molar-refractivity contribution in [3.05, 3.63) is 78.4 Å². The number of carbonyl (C=O) groups is 2. The topological polar surface area (TPSA) is 73.9 Å². The summed E-state index contributed by atoms with van der Waals surface area (Å²) in [6, 6.07) is 22.2. The first-order chi connectivity index (χ1) is 14.1. The maximum atomic E-state index is 12.2. The molecule has 3 aromatic carbocycles. The van der Waals surface area contributed by atoms with E-state index in [1.807, 2.05) is 54.6 Å². The number of methoxy groups -OCH3 is 2. The fourth-order valence-corrected chi connectivity index (χ4v) is 2.75. The highest BCUT2D eigenvalue weighted by Crippen LogP contribution is 2.28. The van der Waals surface area contributed by atoms with Gasteiger partial charge in [0.15, 0.2) is 18.1 Å². The molecule has 0 saturated heterocycles. The molecule has 0 radical (unpaired) electrons. The van der Waals surface area contributed by atoms with Crippen LogP contribution in [0.1, 0.15) is 10.4 Å². The summed E-state index contributed by atoms with van der Waals surface area (Å²) in [6.07, 6.45) is 0. The molecule has 1 amide bonds. The van der Waals surface area contributed by atoms with Gasteiger partial charge >= 0.3 is 5.97 Å². The van der Waals surface area contributed by atoms with Crippen molar-refractivity contribution < 1.29 is 23.8 Å². The van der Waals surface area contributed by atoms with Crippen molar-refractivity contribution in [1.82, 2.24) is 0 Å². The highest BCUT2D eigenvalue weighted by molar-refractivity contribution is 5.92. The van der Waals surface area contributed by atoms with Crippen molar-refractivity contribution in [1.29, 1.82) is 0 Å². The fraction of sp³-hybridized carbons (Fsp3) is 0.130. The minimum absolute atomic E-state index is 0.200. The van der Waals surface area contributed by atoms with Gasteiger partial charge in [0.1, 0.15) is 0 Å². The van der Waals surface area contributed by atoms with Gasteiger partial charge in [-0.05, 0) is 41.5 Å². The van der Waals surface area contributed by atoms with Crippen LogP contribution in [0.15, 0.2) is 72.8 Å². The minimum Gasteiger partial charge on any atom is -0.493 e. The molecule has 0 aliphatic carbocycles. The van der Waals surface area contributed by atoms with Crippen LogP contribution in [0.4, 0.5) is 5.69 Å². The average molecular weight is 391 g/mol. The first kappa shape index (κ1) is 19.9. The Kier molecular flexibility index (Phi) is 6.47. The van der Waals surface area contributed by atoms with E-state index < -0.39 is 5.97 Å². The van der Waals surface area contributed by atoms with Crippen LogP contribution in [0.3, 0.4) is 0 Å². The number of anilines is 1. The van der Waals surface area contributed by atoms with Crippen molar-refractivity contribution in [2.75, 3.05) is 26.1 Å². The Morgan fingerprint density at radius 2 is 1.52 bits per heavy atom. The zero-order chi connectivity index (χ0) is 20.6.